The number of rotatable bonds is 5. The molecule has 0 heterocycles. The van der Waals surface area contributed by atoms with Crippen LogP contribution in [-0.2, 0) is 10.0 Å². The van der Waals surface area contributed by atoms with Crippen molar-refractivity contribution in [2.75, 3.05) is 6.54 Å². The molecule has 4 heteroatoms. The van der Waals surface area contributed by atoms with Gasteiger partial charge in [-0.05, 0) is 12.8 Å². The second-order valence-electron chi connectivity index (χ2n) is 3.38. The molecule has 0 aliphatic heterocycles. The summed E-state index contributed by atoms with van der Waals surface area (Å²) in [6.07, 6.45) is 9.75. The molecule has 0 spiro atoms. The average molecular weight is 215 g/mol. The van der Waals surface area contributed by atoms with Crippen LogP contribution in [0.25, 0.3) is 0 Å². The third kappa shape index (κ3) is 3.27. The topological polar surface area (TPSA) is 46.2 Å². The van der Waals surface area contributed by atoms with Gasteiger partial charge in [-0.2, -0.15) is 0 Å². The molecule has 14 heavy (non-hydrogen) atoms. The zero-order valence-electron chi connectivity index (χ0n) is 8.44. The van der Waals surface area contributed by atoms with Gasteiger partial charge in [-0.25, -0.2) is 13.1 Å². The lowest BCUT2D eigenvalue weighted by Crippen LogP contribution is -2.34. The predicted molar refractivity (Wildman–Crippen MR) is 58.5 cm³/mol. The van der Waals surface area contributed by atoms with Crippen LogP contribution < -0.4 is 4.72 Å². The maximum atomic E-state index is 11.7. The Labute approximate surface area is 85.9 Å². The Balaban J connectivity index is 2.48. The van der Waals surface area contributed by atoms with Gasteiger partial charge in [0.2, 0.25) is 10.0 Å². The van der Waals surface area contributed by atoms with Gasteiger partial charge in [-0.1, -0.05) is 37.6 Å². The van der Waals surface area contributed by atoms with E-state index in [9.17, 15) is 8.42 Å². The minimum Gasteiger partial charge on any atom is -0.215 e. The van der Waals surface area contributed by atoms with Crippen molar-refractivity contribution in [1.29, 1.82) is 0 Å². The minimum atomic E-state index is -3.14. The maximum absolute atomic E-state index is 11.7. The highest BCUT2D eigenvalue weighted by Crippen LogP contribution is 2.11. The molecular formula is C10H17NO2S. The number of hydrogen-bond acceptors (Lipinski definition) is 2. The third-order valence-corrected chi connectivity index (χ3v) is 3.93. The van der Waals surface area contributed by atoms with Crippen molar-refractivity contribution < 1.29 is 8.42 Å². The summed E-state index contributed by atoms with van der Waals surface area (Å²) >= 11 is 0. The molecular weight excluding hydrogens is 198 g/mol. The number of nitrogens with one attached hydrogen (secondary N) is 1. The highest BCUT2D eigenvalue weighted by atomic mass is 32.2. The molecule has 3 nitrogen and oxygen atoms in total. The fraction of sp³-hybridized carbons (Fsp3) is 0.600. The van der Waals surface area contributed by atoms with E-state index in [1.54, 1.807) is 12.2 Å². The fourth-order valence-corrected chi connectivity index (χ4v) is 2.59. The van der Waals surface area contributed by atoms with Crippen LogP contribution in [0, 0.1) is 0 Å². The smallest absolute Gasteiger partial charge is 0.215 e. The molecule has 0 fully saturated rings. The number of hydrogen-bond donors (Lipinski definition) is 1. The largest absolute Gasteiger partial charge is 0.218 e. The first kappa shape index (κ1) is 11.5. The summed E-state index contributed by atoms with van der Waals surface area (Å²) in [4.78, 5) is 0. The lowest BCUT2D eigenvalue weighted by molar-refractivity contribution is 0.570. The fourth-order valence-electron chi connectivity index (χ4n) is 1.29. The van der Waals surface area contributed by atoms with Gasteiger partial charge in [0, 0.05) is 6.54 Å². The molecule has 0 saturated heterocycles. The van der Waals surface area contributed by atoms with Gasteiger partial charge in [0.25, 0.3) is 0 Å². The first-order chi connectivity index (χ1) is 6.67. The van der Waals surface area contributed by atoms with E-state index in [1.807, 2.05) is 19.1 Å². The molecule has 1 aliphatic rings. The maximum Gasteiger partial charge on any atom is 0.218 e. The highest BCUT2D eigenvalue weighted by molar-refractivity contribution is 7.90. The molecule has 80 valence electrons. The van der Waals surface area contributed by atoms with Crippen LogP contribution in [0.5, 0.6) is 0 Å². The first-order valence-electron chi connectivity index (χ1n) is 4.98. The van der Waals surface area contributed by atoms with Crippen LogP contribution in [0.3, 0.4) is 0 Å². The van der Waals surface area contributed by atoms with Gasteiger partial charge < -0.3 is 0 Å². The number of unbranched alkanes of at least 4 members (excludes halogenated alkanes) is 1. The molecule has 0 radical (unpaired) electrons. The molecule has 0 bridgehead atoms. The van der Waals surface area contributed by atoms with Crippen molar-refractivity contribution >= 4 is 10.0 Å². The van der Waals surface area contributed by atoms with E-state index < -0.39 is 10.0 Å². The van der Waals surface area contributed by atoms with Crippen LogP contribution in [0.4, 0.5) is 0 Å². The van der Waals surface area contributed by atoms with E-state index in [2.05, 4.69) is 4.72 Å². The van der Waals surface area contributed by atoms with Crippen molar-refractivity contribution in [2.45, 2.75) is 31.4 Å². The predicted octanol–water partition coefficient (Wildman–Crippen LogP) is 1.59. The molecule has 0 aromatic heterocycles. The standard InChI is InChI=1S/C10H17NO2S/c1-2-3-9-11-14(12,13)10-7-5-4-6-8-10/h4-7,10-11H,2-3,8-9H2,1H3. The monoisotopic (exact) mass is 215 g/mol. The van der Waals surface area contributed by atoms with Gasteiger partial charge in [-0.3, -0.25) is 0 Å². The molecule has 1 aliphatic carbocycles. The summed E-state index contributed by atoms with van der Waals surface area (Å²) in [6.45, 7) is 2.59. The highest BCUT2D eigenvalue weighted by Gasteiger charge is 2.21. The van der Waals surface area contributed by atoms with Gasteiger partial charge in [-0.15, -0.1) is 0 Å². The van der Waals surface area contributed by atoms with E-state index in [4.69, 9.17) is 0 Å². The van der Waals surface area contributed by atoms with E-state index in [1.165, 1.54) is 0 Å². The second-order valence-corrected chi connectivity index (χ2v) is 5.36. The van der Waals surface area contributed by atoms with Crippen molar-refractivity contribution in [3.05, 3.63) is 24.3 Å². The number of allylic oxidation sites excluding steroid dienone is 3. The molecule has 0 saturated carbocycles. The van der Waals surface area contributed by atoms with E-state index in [0.717, 1.165) is 12.8 Å². The Hall–Kier alpha value is -0.610. The Morgan fingerprint density at radius 1 is 1.43 bits per heavy atom. The summed E-state index contributed by atoms with van der Waals surface area (Å²) in [7, 11) is -3.14. The molecule has 1 atom stereocenters. The van der Waals surface area contributed by atoms with Crippen LogP contribution in [0.1, 0.15) is 26.2 Å². The Morgan fingerprint density at radius 2 is 2.21 bits per heavy atom. The quantitative estimate of drug-likeness (QED) is 0.708. The van der Waals surface area contributed by atoms with Gasteiger partial charge in [0.05, 0.1) is 5.25 Å². The van der Waals surface area contributed by atoms with Crippen molar-refractivity contribution in [2.24, 2.45) is 0 Å². The van der Waals surface area contributed by atoms with Gasteiger partial charge in [0.15, 0.2) is 0 Å². The molecule has 1 N–H and O–H groups in total. The van der Waals surface area contributed by atoms with E-state index in [-0.39, 0.29) is 5.25 Å². The molecule has 0 aromatic rings. The zero-order chi connectivity index (χ0) is 10.4. The van der Waals surface area contributed by atoms with Crippen LogP contribution >= 0.6 is 0 Å². The lowest BCUT2D eigenvalue weighted by atomic mass is 10.2. The summed E-state index contributed by atoms with van der Waals surface area (Å²) in [5, 5.41) is -0.385. The minimum absolute atomic E-state index is 0.385. The molecule has 1 rings (SSSR count). The summed E-state index contributed by atoms with van der Waals surface area (Å²) in [6, 6.07) is 0. The van der Waals surface area contributed by atoms with E-state index in [0.29, 0.717) is 13.0 Å². The number of sulfonamides is 1. The van der Waals surface area contributed by atoms with Gasteiger partial charge >= 0.3 is 0 Å². The van der Waals surface area contributed by atoms with Crippen molar-refractivity contribution in [1.82, 2.24) is 4.72 Å². The average Bonchev–Trinajstić information content (AvgIpc) is 2.19. The molecule has 0 aromatic carbocycles. The Morgan fingerprint density at radius 3 is 2.79 bits per heavy atom. The van der Waals surface area contributed by atoms with Gasteiger partial charge in [0.1, 0.15) is 0 Å². The summed E-state index contributed by atoms with van der Waals surface area (Å²) in [5.41, 5.74) is 0. The third-order valence-electron chi connectivity index (χ3n) is 2.17. The zero-order valence-corrected chi connectivity index (χ0v) is 9.26. The first-order valence-corrected chi connectivity index (χ1v) is 6.53. The Kier molecular flexibility index (Phi) is 4.35. The van der Waals surface area contributed by atoms with Crippen molar-refractivity contribution in [3.63, 3.8) is 0 Å². The summed E-state index contributed by atoms with van der Waals surface area (Å²) in [5.74, 6) is 0. The second kappa shape index (κ2) is 5.32. The Bertz CT molecular complexity index is 317. The SMILES string of the molecule is CCCCNS(=O)(=O)C1C=CC=CC1. The van der Waals surface area contributed by atoms with Crippen LogP contribution in [0.2, 0.25) is 0 Å². The molecule has 1 unspecified atom stereocenters. The normalized spacial score (nSPS) is 21.4. The van der Waals surface area contributed by atoms with Crippen LogP contribution in [-0.4, -0.2) is 20.2 Å². The van der Waals surface area contributed by atoms with E-state index >= 15 is 0 Å². The lowest BCUT2D eigenvalue weighted by Gasteiger charge is -2.14. The van der Waals surface area contributed by atoms with Crippen molar-refractivity contribution in [3.8, 4) is 0 Å². The molecule has 0 amide bonds. The van der Waals surface area contributed by atoms with Crippen LogP contribution in [0.15, 0.2) is 24.3 Å². The summed E-state index contributed by atoms with van der Waals surface area (Å²) < 4.78 is 25.9.